The number of amides is 1. The molecule has 3 aromatic rings. The molecule has 4 nitrogen and oxygen atoms in total. The first-order valence-electron chi connectivity index (χ1n) is 8.20. The molecule has 2 N–H and O–H groups in total. The van der Waals surface area contributed by atoms with Crippen LogP contribution in [0.2, 0.25) is 5.02 Å². The minimum Gasteiger partial charge on any atom is -0.505 e. The SMILES string of the molecule is CCCCC(=O)N[C@@H](c1cccs1)c1cc(Cl)c2cccnc2c1O. The lowest BCUT2D eigenvalue weighted by Crippen LogP contribution is -2.28. The zero-order chi connectivity index (χ0) is 17.8. The Morgan fingerprint density at radius 3 is 2.96 bits per heavy atom. The predicted molar refractivity (Wildman–Crippen MR) is 102 cm³/mol. The van der Waals surface area contributed by atoms with E-state index in [1.54, 1.807) is 18.3 Å². The lowest BCUT2D eigenvalue weighted by molar-refractivity contribution is -0.121. The molecule has 130 valence electrons. The van der Waals surface area contributed by atoms with Gasteiger partial charge in [-0.2, -0.15) is 0 Å². The summed E-state index contributed by atoms with van der Waals surface area (Å²) in [6, 6.07) is 8.71. The third-order valence-corrected chi connectivity index (χ3v) is 5.30. The minimum absolute atomic E-state index is 0.0445. The summed E-state index contributed by atoms with van der Waals surface area (Å²) in [7, 11) is 0. The molecular weight excluding hydrogens is 356 g/mol. The average molecular weight is 375 g/mol. The van der Waals surface area contributed by atoms with Crippen LogP contribution in [0.25, 0.3) is 10.9 Å². The number of phenolic OH excluding ortho intramolecular Hbond substituents is 1. The minimum atomic E-state index is -0.451. The number of hydrogen-bond donors (Lipinski definition) is 2. The van der Waals surface area contributed by atoms with Gasteiger partial charge in [-0.15, -0.1) is 11.3 Å². The number of halogens is 1. The molecule has 1 amide bonds. The maximum absolute atomic E-state index is 12.3. The van der Waals surface area contributed by atoms with Gasteiger partial charge in [0.25, 0.3) is 0 Å². The molecular formula is C19H19ClN2O2S. The standard InChI is InChI=1S/C19H19ClN2O2S/c1-2-3-8-16(23)22-17(15-7-5-10-25-15)13-11-14(20)12-6-4-9-21-18(12)19(13)24/h4-7,9-11,17,24H,2-3,8H2,1H3,(H,22,23)/t17-/m1/s1. The van der Waals surface area contributed by atoms with E-state index in [2.05, 4.69) is 10.3 Å². The number of benzene rings is 1. The fourth-order valence-corrected chi connectivity index (χ4v) is 3.82. The van der Waals surface area contributed by atoms with Gasteiger partial charge in [-0.3, -0.25) is 9.78 Å². The summed E-state index contributed by atoms with van der Waals surface area (Å²) in [6.07, 6.45) is 3.85. The normalized spacial score (nSPS) is 12.2. The largest absolute Gasteiger partial charge is 0.505 e. The predicted octanol–water partition coefficient (Wildman–Crippen LogP) is 5.05. The fourth-order valence-electron chi connectivity index (χ4n) is 2.75. The Balaban J connectivity index is 2.06. The van der Waals surface area contributed by atoms with Crippen LogP contribution in [0.3, 0.4) is 0 Å². The van der Waals surface area contributed by atoms with Crippen LogP contribution in [0.1, 0.15) is 42.7 Å². The second-order valence-electron chi connectivity index (χ2n) is 5.82. The van der Waals surface area contributed by atoms with Crippen LogP contribution in [0.4, 0.5) is 0 Å². The Morgan fingerprint density at radius 2 is 2.24 bits per heavy atom. The van der Waals surface area contributed by atoms with Gasteiger partial charge in [0.2, 0.25) is 5.91 Å². The van der Waals surface area contributed by atoms with Crippen molar-refractivity contribution in [3.63, 3.8) is 0 Å². The van der Waals surface area contributed by atoms with Crippen LogP contribution in [0.5, 0.6) is 5.75 Å². The second kappa shape index (κ2) is 7.85. The van der Waals surface area contributed by atoms with Crippen molar-refractivity contribution < 1.29 is 9.90 Å². The highest BCUT2D eigenvalue weighted by molar-refractivity contribution is 7.10. The maximum Gasteiger partial charge on any atom is 0.220 e. The number of nitrogens with one attached hydrogen (secondary N) is 1. The highest BCUT2D eigenvalue weighted by Gasteiger charge is 2.23. The number of fused-ring (bicyclic) bond motifs is 1. The summed E-state index contributed by atoms with van der Waals surface area (Å²) in [4.78, 5) is 17.5. The van der Waals surface area contributed by atoms with Crippen molar-refractivity contribution in [3.05, 3.63) is 57.4 Å². The van der Waals surface area contributed by atoms with Crippen molar-refractivity contribution in [2.24, 2.45) is 0 Å². The smallest absolute Gasteiger partial charge is 0.220 e. The first-order chi connectivity index (χ1) is 12.1. The molecule has 2 heterocycles. The zero-order valence-corrected chi connectivity index (χ0v) is 15.4. The van der Waals surface area contributed by atoms with Gasteiger partial charge in [0.05, 0.1) is 11.1 Å². The molecule has 0 saturated carbocycles. The van der Waals surface area contributed by atoms with Gasteiger partial charge >= 0.3 is 0 Å². The monoisotopic (exact) mass is 374 g/mol. The molecule has 3 rings (SSSR count). The number of carbonyl (C=O) groups excluding carboxylic acids is 1. The van der Waals surface area contributed by atoms with Crippen LogP contribution >= 0.6 is 22.9 Å². The Morgan fingerprint density at radius 1 is 1.40 bits per heavy atom. The maximum atomic E-state index is 12.3. The molecule has 0 spiro atoms. The number of pyridine rings is 1. The van der Waals surface area contributed by atoms with Crippen LogP contribution < -0.4 is 5.32 Å². The molecule has 25 heavy (non-hydrogen) atoms. The summed E-state index contributed by atoms with van der Waals surface area (Å²) in [5, 5.41) is 16.9. The number of thiophene rings is 1. The van der Waals surface area contributed by atoms with Crippen molar-refractivity contribution in [2.45, 2.75) is 32.2 Å². The molecule has 0 unspecified atom stereocenters. The molecule has 0 bridgehead atoms. The van der Waals surface area contributed by atoms with E-state index in [9.17, 15) is 9.90 Å². The molecule has 0 fully saturated rings. The number of aromatic nitrogens is 1. The van der Waals surface area contributed by atoms with Crippen LogP contribution in [-0.2, 0) is 4.79 Å². The van der Waals surface area contributed by atoms with Gasteiger partial charge in [-0.25, -0.2) is 0 Å². The third-order valence-electron chi connectivity index (χ3n) is 4.05. The second-order valence-corrected chi connectivity index (χ2v) is 7.20. The fraction of sp³-hybridized carbons (Fsp3) is 0.263. The molecule has 1 atom stereocenters. The van der Waals surface area contributed by atoms with Crippen LogP contribution in [0, 0.1) is 0 Å². The van der Waals surface area contributed by atoms with Gasteiger partial charge in [0.1, 0.15) is 11.3 Å². The average Bonchev–Trinajstić information content (AvgIpc) is 3.15. The number of nitrogens with zero attached hydrogens (tertiary/aromatic N) is 1. The first kappa shape index (κ1) is 17.7. The van der Waals surface area contributed by atoms with Gasteiger partial charge in [0, 0.05) is 28.4 Å². The quantitative estimate of drug-likeness (QED) is 0.634. The molecule has 0 aliphatic heterocycles. The Kier molecular flexibility index (Phi) is 5.56. The summed E-state index contributed by atoms with van der Waals surface area (Å²) >= 11 is 7.92. The summed E-state index contributed by atoms with van der Waals surface area (Å²) in [5.74, 6) is 0.00563. The van der Waals surface area contributed by atoms with Gasteiger partial charge in [-0.1, -0.05) is 31.0 Å². The van der Waals surface area contributed by atoms with E-state index in [1.807, 2.05) is 30.5 Å². The van der Waals surface area contributed by atoms with E-state index in [1.165, 1.54) is 11.3 Å². The summed E-state index contributed by atoms with van der Waals surface area (Å²) < 4.78 is 0. The van der Waals surface area contributed by atoms with Crippen molar-refractivity contribution in [1.82, 2.24) is 10.3 Å². The topological polar surface area (TPSA) is 62.2 Å². The lowest BCUT2D eigenvalue weighted by Gasteiger charge is -2.20. The van der Waals surface area contributed by atoms with E-state index in [-0.39, 0.29) is 11.7 Å². The summed E-state index contributed by atoms with van der Waals surface area (Å²) in [5.41, 5.74) is 0.998. The first-order valence-corrected chi connectivity index (χ1v) is 9.46. The molecule has 0 saturated heterocycles. The van der Waals surface area contributed by atoms with Crippen LogP contribution in [0.15, 0.2) is 41.9 Å². The van der Waals surface area contributed by atoms with Gasteiger partial charge < -0.3 is 10.4 Å². The van der Waals surface area contributed by atoms with Crippen LogP contribution in [-0.4, -0.2) is 16.0 Å². The number of phenols is 1. The third kappa shape index (κ3) is 3.78. The zero-order valence-electron chi connectivity index (χ0n) is 13.8. The van der Waals surface area contributed by atoms with Gasteiger partial charge in [0.15, 0.2) is 0 Å². The van der Waals surface area contributed by atoms with Crippen molar-refractivity contribution >= 4 is 39.7 Å². The molecule has 0 aliphatic carbocycles. The van der Waals surface area contributed by atoms with Crippen molar-refractivity contribution in [1.29, 1.82) is 0 Å². The highest BCUT2D eigenvalue weighted by Crippen LogP contribution is 2.39. The van der Waals surface area contributed by atoms with E-state index in [4.69, 9.17) is 11.6 Å². The summed E-state index contributed by atoms with van der Waals surface area (Å²) in [6.45, 7) is 2.05. The molecule has 6 heteroatoms. The molecule has 1 aromatic carbocycles. The molecule has 0 radical (unpaired) electrons. The Labute approximate surface area is 155 Å². The van der Waals surface area contributed by atoms with E-state index in [0.29, 0.717) is 27.9 Å². The van der Waals surface area contributed by atoms with Crippen molar-refractivity contribution in [3.8, 4) is 5.75 Å². The molecule has 2 aromatic heterocycles. The van der Waals surface area contributed by atoms with E-state index < -0.39 is 6.04 Å². The number of hydrogen-bond acceptors (Lipinski definition) is 4. The van der Waals surface area contributed by atoms with Crippen molar-refractivity contribution in [2.75, 3.05) is 0 Å². The Hall–Kier alpha value is -2.11. The Bertz CT molecular complexity index is 881. The lowest BCUT2D eigenvalue weighted by atomic mass is 10.0. The number of rotatable bonds is 6. The van der Waals surface area contributed by atoms with E-state index in [0.717, 1.165) is 17.7 Å². The van der Waals surface area contributed by atoms with E-state index >= 15 is 0 Å². The van der Waals surface area contributed by atoms with Gasteiger partial charge in [-0.05, 0) is 36.1 Å². The number of unbranched alkanes of at least 4 members (excludes halogenated alkanes) is 1. The molecule has 0 aliphatic rings. The number of aromatic hydroxyl groups is 1. The highest BCUT2D eigenvalue weighted by atomic mass is 35.5. The number of carbonyl (C=O) groups is 1.